The molecule has 0 aliphatic carbocycles. The second-order valence-corrected chi connectivity index (χ2v) is 10.0. The van der Waals surface area contributed by atoms with Gasteiger partial charge >= 0.3 is 0 Å². The lowest BCUT2D eigenvalue weighted by molar-refractivity contribution is -0.124. The molecule has 0 radical (unpaired) electrons. The number of sulfonamides is 1. The minimum atomic E-state index is -3.89. The van der Waals surface area contributed by atoms with Crippen LogP contribution in [-0.4, -0.2) is 31.2 Å². The molecule has 1 atom stereocenters. The quantitative estimate of drug-likeness (QED) is 0.769. The first kappa shape index (κ1) is 21.8. The van der Waals surface area contributed by atoms with Gasteiger partial charge in [0.1, 0.15) is 6.04 Å². The van der Waals surface area contributed by atoms with Gasteiger partial charge in [-0.2, -0.15) is 4.31 Å². The van der Waals surface area contributed by atoms with Crippen LogP contribution in [0.1, 0.15) is 41.5 Å². The van der Waals surface area contributed by atoms with E-state index in [1.165, 1.54) is 16.4 Å². The van der Waals surface area contributed by atoms with Gasteiger partial charge in [0.2, 0.25) is 15.9 Å². The molecule has 1 amide bonds. The molecule has 7 heteroatoms. The summed E-state index contributed by atoms with van der Waals surface area (Å²) in [7, 11) is -3.89. The first-order chi connectivity index (χ1) is 13.7. The normalized spacial score (nSPS) is 17.8. The first-order valence-electron chi connectivity index (χ1n) is 9.82. The van der Waals surface area contributed by atoms with Crippen LogP contribution in [0.25, 0.3) is 0 Å². The Morgan fingerprint density at radius 1 is 1.07 bits per heavy atom. The number of carbonyl (C=O) groups excluding carboxylic acids is 1. The highest BCUT2D eigenvalue weighted by Crippen LogP contribution is 2.28. The fourth-order valence-electron chi connectivity index (χ4n) is 3.92. The summed E-state index contributed by atoms with van der Waals surface area (Å²) in [4.78, 5) is 12.9. The number of rotatable bonds is 5. The average molecular weight is 435 g/mol. The van der Waals surface area contributed by atoms with Gasteiger partial charge in [0.25, 0.3) is 0 Å². The summed E-state index contributed by atoms with van der Waals surface area (Å²) < 4.78 is 28.6. The van der Waals surface area contributed by atoms with E-state index in [2.05, 4.69) is 5.32 Å². The van der Waals surface area contributed by atoms with Crippen molar-refractivity contribution in [1.82, 2.24) is 9.62 Å². The zero-order valence-corrected chi connectivity index (χ0v) is 18.6. The number of nitrogens with one attached hydrogen (secondary N) is 1. The average Bonchev–Trinajstić information content (AvgIpc) is 2.85. The van der Waals surface area contributed by atoms with Crippen LogP contribution in [0.5, 0.6) is 0 Å². The second-order valence-electron chi connectivity index (χ2n) is 7.68. The lowest BCUT2D eigenvalue weighted by Crippen LogP contribution is -2.48. The van der Waals surface area contributed by atoms with Crippen molar-refractivity contribution in [1.29, 1.82) is 0 Å². The zero-order chi connectivity index (χ0) is 21.2. The van der Waals surface area contributed by atoms with Crippen LogP contribution < -0.4 is 5.32 Å². The maximum absolute atomic E-state index is 13.6. The minimum absolute atomic E-state index is 0.140. The van der Waals surface area contributed by atoms with Crippen LogP contribution in [0.3, 0.4) is 0 Å². The Balaban J connectivity index is 2.09. The number of aryl methyl sites for hydroxylation is 3. The molecule has 0 aromatic heterocycles. The molecule has 1 heterocycles. The molecular weight excluding hydrogens is 408 g/mol. The van der Waals surface area contributed by atoms with Crippen LogP contribution >= 0.6 is 11.6 Å². The lowest BCUT2D eigenvalue weighted by atomic mass is 9.99. The van der Waals surface area contributed by atoms with Gasteiger partial charge in [-0.3, -0.25) is 4.79 Å². The topological polar surface area (TPSA) is 66.5 Å². The highest BCUT2D eigenvalue weighted by atomic mass is 35.5. The SMILES string of the molecule is Cc1cc(C)c(CN(C2CCCCNC2=O)S(=O)(=O)c2ccc(Cl)cc2)c(C)c1. The molecule has 0 spiro atoms. The van der Waals surface area contributed by atoms with E-state index < -0.39 is 16.1 Å². The third kappa shape index (κ3) is 4.82. The molecule has 29 heavy (non-hydrogen) atoms. The van der Waals surface area contributed by atoms with E-state index >= 15 is 0 Å². The Morgan fingerprint density at radius 3 is 2.31 bits per heavy atom. The molecule has 1 aliphatic rings. The number of carbonyl (C=O) groups is 1. The van der Waals surface area contributed by atoms with Crippen molar-refractivity contribution in [3.05, 3.63) is 63.7 Å². The van der Waals surface area contributed by atoms with Gasteiger partial charge in [0.15, 0.2) is 0 Å². The Hall–Kier alpha value is -1.89. The zero-order valence-electron chi connectivity index (χ0n) is 17.0. The van der Waals surface area contributed by atoms with E-state index in [-0.39, 0.29) is 17.3 Å². The first-order valence-corrected chi connectivity index (χ1v) is 11.6. The van der Waals surface area contributed by atoms with Crippen molar-refractivity contribution in [3.8, 4) is 0 Å². The molecule has 1 fully saturated rings. The van der Waals surface area contributed by atoms with Gasteiger partial charge in [0.05, 0.1) is 4.90 Å². The van der Waals surface area contributed by atoms with Crippen LogP contribution in [0.15, 0.2) is 41.3 Å². The van der Waals surface area contributed by atoms with Crippen molar-refractivity contribution < 1.29 is 13.2 Å². The summed E-state index contributed by atoms with van der Waals surface area (Å²) in [5, 5.41) is 3.33. The Morgan fingerprint density at radius 2 is 1.69 bits per heavy atom. The van der Waals surface area contributed by atoms with Gasteiger partial charge < -0.3 is 5.32 Å². The highest BCUT2D eigenvalue weighted by Gasteiger charge is 2.37. The number of hydrogen-bond acceptors (Lipinski definition) is 3. The third-order valence-corrected chi connectivity index (χ3v) is 7.55. The number of halogens is 1. The van der Waals surface area contributed by atoms with Gasteiger partial charge in [-0.05, 0) is 81.0 Å². The number of benzene rings is 2. The third-order valence-electron chi connectivity index (χ3n) is 5.43. The van der Waals surface area contributed by atoms with Crippen molar-refractivity contribution in [2.24, 2.45) is 0 Å². The predicted molar refractivity (Wildman–Crippen MR) is 115 cm³/mol. The minimum Gasteiger partial charge on any atom is -0.355 e. The van der Waals surface area contributed by atoms with Crippen LogP contribution in [-0.2, 0) is 21.4 Å². The van der Waals surface area contributed by atoms with Crippen LogP contribution in [0, 0.1) is 20.8 Å². The summed E-state index contributed by atoms with van der Waals surface area (Å²) in [6.45, 7) is 6.71. The number of hydrogen-bond donors (Lipinski definition) is 1. The number of amides is 1. The fraction of sp³-hybridized carbons (Fsp3) is 0.409. The molecule has 5 nitrogen and oxygen atoms in total. The molecular formula is C22H27ClN2O3S. The Bertz CT molecular complexity index is 980. The molecule has 1 N–H and O–H groups in total. The van der Waals surface area contributed by atoms with E-state index in [4.69, 9.17) is 11.6 Å². The Kier molecular flexibility index (Phi) is 6.66. The van der Waals surface area contributed by atoms with E-state index in [0.717, 1.165) is 35.1 Å². The highest BCUT2D eigenvalue weighted by molar-refractivity contribution is 7.89. The molecule has 2 aromatic carbocycles. The monoisotopic (exact) mass is 434 g/mol. The largest absolute Gasteiger partial charge is 0.355 e. The van der Waals surface area contributed by atoms with Gasteiger partial charge in [-0.15, -0.1) is 0 Å². The van der Waals surface area contributed by atoms with E-state index in [1.807, 2.05) is 32.9 Å². The van der Waals surface area contributed by atoms with E-state index in [0.29, 0.717) is 18.0 Å². The van der Waals surface area contributed by atoms with Gasteiger partial charge in [-0.25, -0.2) is 8.42 Å². The predicted octanol–water partition coefficient (Wildman–Crippen LogP) is 4.12. The van der Waals surface area contributed by atoms with Crippen molar-refractivity contribution in [2.75, 3.05) is 6.54 Å². The molecule has 1 unspecified atom stereocenters. The van der Waals surface area contributed by atoms with Crippen LogP contribution in [0.2, 0.25) is 5.02 Å². The lowest BCUT2D eigenvalue weighted by Gasteiger charge is -2.30. The molecule has 2 aromatic rings. The second kappa shape index (κ2) is 8.86. The summed E-state index contributed by atoms with van der Waals surface area (Å²) in [5.74, 6) is -0.234. The summed E-state index contributed by atoms with van der Waals surface area (Å²) in [6, 6.07) is 9.45. The molecule has 3 rings (SSSR count). The number of nitrogens with zero attached hydrogens (tertiary/aromatic N) is 1. The summed E-state index contributed by atoms with van der Waals surface area (Å²) in [5.41, 5.74) is 4.11. The molecule has 0 saturated carbocycles. The molecule has 0 bridgehead atoms. The van der Waals surface area contributed by atoms with E-state index in [1.54, 1.807) is 12.1 Å². The standard InChI is InChI=1S/C22H27ClN2O3S/c1-15-12-16(2)20(17(3)13-15)14-25(21-6-4-5-11-24-22(21)26)29(27,28)19-9-7-18(23)8-10-19/h7-10,12-13,21H,4-6,11,14H2,1-3H3,(H,24,26). The fourth-order valence-corrected chi connectivity index (χ4v) is 5.63. The van der Waals surface area contributed by atoms with Crippen molar-refractivity contribution in [3.63, 3.8) is 0 Å². The van der Waals surface area contributed by atoms with E-state index in [9.17, 15) is 13.2 Å². The van der Waals surface area contributed by atoms with Crippen molar-refractivity contribution in [2.45, 2.75) is 57.5 Å². The smallest absolute Gasteiger partial charge is 0.244 e. The maximum Gasteiger partial charge on any atom is 0.244 e. The van der Waals surface area contributed by atoms with Gasteiger partial charge in [0, 0.05) is 18.1 Å². The van der Waals surface area contributed by atoms with Crippen LogP contribution in [0.4, 0.5) is 0 Å². The van der Waals surface area contributed by atoms with Gasteiger partial charge in [-0.1, -0.05) is 29.3 Å². The molecule has 156 valence electrons. The Labute approximate surface area is 178 Å². The van der Waals surface area contributed by atoms with Crippen molar-refractivity contribution >= 4 is 27.5 Å². The maximum atomic E-state index is 13.6. The summed E-state index contributed by atoms with van der Waals surface area (Å²) >= 11 is 5.95. The molecule has 1 aliphatic heterocycles. The summed E-state index contributed by atoms with van der Waals surface area (Å²) in [6.07, 6.45) is 2.14. The molecule has 1 saturated heterocycles.